The first kappa shape index (κ1) is 14.3. The van der Waals surface area contributed by atoms with E-state index in [2.05, 4.69) is 49.3 Å². The molecule has 2 rings (SSSR count). The quantitative estimate of drug-likeness (QED) is 0.752. The van der Waals surface area contributed by atoms with Gasteiger partial charge in [0.05, 0.1) is 0 Å². The Morgan fingerprint density at radius 2 is 1.79 bits per heavy atom. The van der Waals surface area contributed by atoms with Crippen molar-refractivity contribution in [2.24, 2.45) is 11.8 Å². The van der Waals surface area contributed by atoms with Crippen molar-refractivity contribution in [1.29, 1.82) is 0 Å². The lowest BCUT2D eigenvalue weighted by Crippen LogP contribution is -2.30. The second kappa shape index (κ2) is 6.85. The molecule has 0 radical (unpaired) electrons. The molecule has 1 aliphatic carbocycles. The van der Waals surface area contributed by atoms with Gasteiger partial charge in [-0.15, -0.1) is 0 Å². The number of carbonyl (C=O) groups is 1. The van der Waals surface area contributed by atoms with Gasteiger partial charge in [0.25, 0.3) is 0 Å². The molecular weight excluding hydrogens is 234 g/mol. The molecular formula is C17H25NO. The normalized spacial score (nSPS) is 25.2. The van der Waals surface area contributed by atoms with Gasteiger partial charge in [0, 0.05) is 12.5 Å². The van der Waals surface area contributed by atoms with Crippen LogP contribution < -0.4 is 0 Å². The summed E-state index contributed by atoms with van der Waals surface area (Å²) in [6.07, 6.45) is 6.75. The Morgan fingerprint density at radius 3 is 2.32 bits per heavy atom. The maximum absolute atomic E-state index is 10.6. The van der Waals surface area contributed by atoms with Crippen LogP contribution in [0, 0.1) is 11.8 Å². The predicted molar refractivity (Wildman–Crippen MR) is 79.0 cm³/mol. The number of hydrogen-bond donors (Lipinski definition) is 0. The molecule has 0 aliphatic heterocycles. The van der Waals surface area contributed by atoms with E-state index in [9.17, 15) is 4.79 Å². The lowest BCUT2D eigenvalue weighted by molar-refractivity contribution is -0.108. The van der Waals surface area contributed by atoms with Gasteiger partial charge in [0.1, 0.15) is 6.29 Å². The van der Waals surface area contributed by atoms with Crippen molar-refractivity contribution in [1.82, 2.24) is 4.90 Å². The summed E-state index contributed by atoms with van der Waals surface area (Å²) in [6.45, 7) is 0. The number of aldehydes is 1. The van der Waals surface area contributed by atoms with Crippen LogP contribution in [-0.2, 0) is 4.79 Å². The Balaban J connectivity index is 2.04. The van der Waals surface area contributed by atoms with Crippen LogP contribution in [-0.4, -0.2) is 25.3 Å². The van der Waals surface area contributed by atoms with Crippen molar-refractivity contribution in [2.75, 3.05) is 14.1 Å². The van der Waals surface area contributed by atoms with Gasteiger partial charge in [0.15, 0.2) is 0 Å². The van der Waals surface area contributed by atoms with Crippen LogP contribution in [0.5, 0.6) is 0 Å². The predicted octanol–water partition coefficient (Wildman–Crippen LogP) is 3.68. The number of rotatable bonds is 5. The number of nitrogens with zero attached hydrogens (tertiary/aromatic N) is 1. The Kier molecular flexibility index (Phi) is 5.15. The molecule has 1 aromatic carbocycles. The monoisotopic (exact) mass is 259 g/mol. The van der Waals surface area contributed by atoms with Crippen LogP contribution >= 0.6 is 0 Å². The number of hydrogen-bond acceptors (Lipinski definition) is 2. The van der Waals surface area contributed by atoms with E-state index in [0.717, 1.165) is 18.6 Å². The molecule has 1 saturated carbocycles. The minimum Gasteiger partial charge on any atom is -0.303 e. The molecule has 2 nitrogen and oxygen atoms in total. The average molecular weight is 259 g/mol. The Morgan fingerprint density at radius 1 is 1.16 bits per heavy atom. The van der Waals surface area contributed by atoms with Gasteiger partial charge in [-0.3, -0.25) is 0 Å². The second-order valence-electron chi connectivity index (χ2n) is 6.00. The van der Waals surface area contributed by atoms with E-state index in [1.807, 2.05) is 0 Å². The summed E-state index contributed by atoms with van der Waals surface area (Å²) >= 11 is 0. The van der Waals surface area contributed by atoms with Gasteiger partial charge in [-0.25, -0.2) is 0 Å². The van der Waals surface area contributed by atoms with Crippen LogP contribution in [0.15, 0.2) is 30.3 Å². The van der Waals surface area contributed by atoms with Crippen molar-refractivity contribution in [3.63, 3.8) is 0 Å². The van der Waals surface area contributed by atoms with Crippen LogP contribution in [0.3, 0.4) is 0 Å². The van der Waals surface area contributed by atoms with Gasteiger partial charge in [-0.05, 0) is 57.2 Å². The summed E-state index contributed by atoms with van der Waals surface area (Å²) < 4.78 is 0. The van der Waals surface area contributed by atoms with Crippen LogP contribution in [0.2, 0.25) is 0 Å². The largest absolute Gasteiger partial charge is 0.303 e. The summed E-state index contributed by atoms with van der Waals surface area (Å²) in [6, 6.07) is 11.3. The fourth-order valence-electron chi connectivity index (χ4n) is 3.52. The minimum atomic E-state index is 0.512. The lowest BCUT2D eigenvalue weighted by Gasteiger charge is -2.37. The van der Waals surface area contributed by atoms with E-state index >= 15 is 0 Å². The van der Waals surface area contributed by atoms with Gasteiger partial charge in [-0.1, -0.05) is 30.3 Å². The second-order valence-corrected chi connectivity index (χ2v) is 6.00. The third-order valence-corrected chi connectivity index (χ3v) is 4.46. The van der Waals surface area contributed by atoms with E-state index in [4.69, 9.17) is 0 Å². The fraction of sp³-hybridized carbons (Fsp3) is 0.588. The first-order valence-electron chi connectivity index (χ1n) is 7.37. The summed E-state index contributed by atoms with van der Waals surface area (Å²) in [4.78, 5) is 13.0. The summed E-state index contributed by atoms with van der Waals surface area (Å²) in [5.41, 5.74) is 1.42. The Labute approximate surface area is 116 Å². The topological polar surface area (TPSA) is 20.3 Å². The van der Waals surface area contributed by atoms with Gasteiger partial charge >= 0.3 is 0 Å². The smallest absolute Gasteiger partial charge is 0.120 e. The molecule has 1 fully saturated rings. The maximum Gasteiger partial charge on any atom is 0.120 e. The first-order chi connectivity index (χ1) is 9.22. The number of benzene rings is 1. The summed E-state index contributed by atoms with van der Waals surface area (Å²) in [7, 11) is 4.35. The molecule has 1 aliphatic rings. The van der Waals surface area contributed by atoms with Crippen molar-refractivity contribution < 1.29 is 4.79 Å². The van der Waals surface area contributed by atoms with Gasteiger partial charge in [0.2, 0.25) is 0 Å². The number of carbonyl (C=O) groups excluding carboxylic acids is 1. The zero-order chi connectivity index (χ0) is 13.7. The highest BCUT2D eigenvalue weighted by atomic mass is 16.1. The highest BCUT2D eigenvalue weighted by Crippen LogP contribution is 2.39. The zero-order valence-corrected chi connectivity index (χ0v) is 12.1. The SMILES string of the molecule is CN(C)C(c1ccccc1)C1CCC(CC=O)CC1. The molecule has 1 atom stereocenters. The minimum absolute atomic E-state index is 0.512. The fourth-order valence-corrected chi connectivity index (χ4v) is 3.52. The third kappa shape index (κ3) is 3.66. The highest BCUT2D eigenvalue weighted by Gasteiger charge is 2.29. The molecule has 1 aromatic rings. The molecule has 1 unspecified atom stereocenters. The first-order valence-corrected chi connectivity index (χ1v) is 7.37. The van der Waals surface area contributed by atoms with Crippen molar-refractivity contribution in [3.8, 4) is 0 Å². The molecule has 104 valence electrons. The van der Waals surface area contributed by atoms with E-state index < -0.39 is 0 Å². The van der Waals surface area contributed by atoms with Crippen LogP contribution in [0.25, 0.3) is 0 Å². The van der Waals surface area contributed by atoms with Crippen LogP contribution in [0.4, 0.5) is 0 Å². The maximum atomic E-state index is 10.6. The average Bonchev–Trinajstić information content (AvgIpc) is 2.42. The molecule has 0 aromatic heterocycles. The molecule has 0 saturated heterocycles. The third-order valence-electron chi connectivity index (χ3n) is 4.46. The van der Waals surface area contributed by atoms with Gasteiger partial charge in [-0.2, -0.15) is 0 Å². The Hall–Kier alpha value is -1.15. The highest BCUT2D eigenvalue weighted by molar-refractivity contribution is 5.49. The summed E-state index contributed by atoms with van der Waals surface area (Å²) in [5.74, 6) is 1.35. The lowest BCUT2D eigenvalue weighted by atomic mass is 9.75. The molecule has 0 spiro atoms. The molecule has 2 heteroatoms. The molecule has 0 heterocycles. The molecule has 0 bridgehead atoms. The summed E-state index contributed by atoms with van der Waals surface area (Å²) in [5, 5.41) is 0. The van der Waals surface area contributed by atoms with Crippen molar-refractivity contribution >= 4 is 6.29 Å². The Bertz CT molecular complexity index is 380. The van der Waals surface area contributed by atoms with Crippen molar-refractivity contribution in [2.45, 2.75) is 38.1 Å². The molecule has 0 N–H and O–H groups in total. The van der Waals surface area contributed by atoms with E-state index in [0.29, 0.717) is 12.0 Å². The van der Waals surface area contributed by atoms with Gasteiger partial charge < -0.3 is 9.69 Å². The molecule has 0 amide bonds. The van der Waals surface area contributed by atoms with Crippen molar-refractivity contribution in [3.05, 3.63) is 35.9 Å². The van der Waals surface area contributed by atoms with E-state index in [1.165, 1.54) is 31.2 Å². The van der Waals surface area contributed by atoms with E-state index in [1.54, 1.807) is 0 Å². The zero-order valence-electron chi connectivity index (χ0n) is 12.1. The van der Waals surface area contributed by atoms with Crippen LogP contribution in [0.1, 0.15) is 43.7 Å². The van der Waals surface area contributed by atoms with E-state index in [-0.39, 0.29) is 0 Å². The standard InChI is InChI=1S/C17H25NO/c1-18(2)17(15-6-4-3-5-7-15)16-10-8-14(9-11-16)12-13-19/h3-7,13-14,16-17H,8-12H2,1-2H3. The molecule has 19 heavy (non-hydrogen) atoms.